The lowest BCUT2D eigenvalue weighted by Crippen LogP contribution is -2.31. The van der Waals surface area contributed by atoms with E-state index in [4.69, 9.17) is 15.0 Å². The molecule has 1 aromatic rings. The van der Waals surface area contributed by atoms with Crippen LogP contribution in [0.15, 0.2) is 33.9 Å². The number of aryl methyl sites for hydroxylation is 1. The fraction of sp³-hybridized carbons (Fsp3) is 0.556. The van der Waals surface area contributed by atoms with Crippen molar-refractivity contribution in [1.82, 2.24) is 0 Å². The SMILES string of the molecule is CCOC(=O)C(C[C@H](CCc1ccc(Br)cc1)CN=[N+]=[N-])C(=O)OCC. The normalized spacial score (nSPS) is 11.5. The van der Waals surface area contributed by atoms with E-state index >= 15 is 0 Å². The number of carbonyl (C=O) groups excluding carboxylic acids is 2. The van der Waals surface area contributed by atoms with Crippen LogP contribution in [0.25, 0.3) is 10.4 Å². The molecule has 0 bridgehead atoms. The maximum atomic E-state index is 12.1. The van der Waals surface area contributed by atoms with E-state index in [0.29, 0.717) is 6.42 Å². The van der Waals surface area contributed by atoms with Crippen LogP contribution in [-0.2, 0) is 25.5 Å². The van der Waals surface area contributed by atoms with Crippen molar-refractivity contribution in [3.05, 3.63) is 44.7 Å². The van der Waals surface area contributed by atoms with Crippen LogP contribution >= 0.6 is 15.9 Å². The minimum atomic E-state index is -1.00. The van der Waals surface area contributed by atoms with Crippen molar-refractivity contribution < 1.29 is 19.1 Å². The highest BCUT2D eigenvalue weighted by Gasteiger charge is 2.32. The Kier molecular flexibility index (Phi) is 10.4. The highest BCUT2D eigenvalue weighted by atomic mass is 79.9. The van der Waals surface area contributed by atoms with Gasteiger partial charge in [-0.1, -0.05) is 33.2 Å². The van der Waals surface area contributed by atoms with Gasteiger partial charge in [-0.25, -0.2) is 0 Å². The van der Waals surface area contributed by atoms with Gasteiger partial charge in [-0.2, -0.15) is 0 Å². The van der Waals surface area contributed by atoms with Crippen LogP contribution in [0.2, 0.25) is 0 Å². The Morgan fingerprint density at radius 2 is 1.73 bits per heavy atom. The Morgan fingerprint density at radius 3 is 2.23 bits per heavy atom. The van der Waals surface area contributed by atoms with Crippen LogP contribution < -0.4 is 0 Å². The van der Waals surface area contributed by atoms with Crippen molar-refractivity contribution in [2.45, 2.75) is 33.1 Å². The van der Waals surface area contributed by atoms with Gasteiger partial charge in [0.05, 0.1) is 13.2 Å². The molecule has 0 amide bonds. The molecule has 0 saturated carbocycles. The predicted octanol–water partition coefficient (Wildman–Crippen LogP) is 4.44. The van der Waals surface area contributed by atoms with Gasteiger partial charge < -0.3 is 9.47 Å². The lowest BCUT2D eigenvalue weighted by atomic mass is 9.89. The number of benzene rings is 1. The van der Waals surface area contributed by atoms with E-state index in [0.717, 1.165) is 16.5 Å². The minimum absolute atomic E-state index is 0.131. The van der Waals surface area contributed by atoms with Gasteiger partial charge in [-0.15, -0.1) is 0 Å². The Morgan fingerprint density at radius 1 is 1.15 bits per heavy atom. The van der Waals surface area contributed by atoms with Gasteiger partial charge in [0.15, 0.2) is 5.92 Å². The Hall–Kier alpha value is -2.05. The molecule has 0 unspecified atom stereocenters. The Balaban J connectivity index is 2.82. The minimum Gasteiger partial charge on any atom is -0.465 e. The van der Waals surface area contributed by atoms with Crippen molar-refractivity contribution in [2.24, 2.45) is 17.0 Å². The molecule has 0 aliphatic rings. The number of hydrogen-bond donors (Lipinski definition) is 0. The van der Waals surface area contributed by atoms with Crippen LogP contribution in [0, 0.1) is 11.8 Å². The average molecular weight is 426 g/mol. The standard InChI is InChI=1S/C18H24BrN3O4/c1-3-25-17(23)16(18(24)26-4-2)11-14(12-21-22-20)6-5-13-7-9-15(19)10-8-13/h7-10,14,16H,3-6,11-12H2,1-2H3/t14-/m0/s1. The summed E-state index contributed by atoms with van der Waals surface area (Å²) in [7, 11) is 0. The first kappa shape index (κ1) is 22.0. The third-order valence-electron chi connectivity index (χ3n) is 3.87. The van der Waals surface area contributed by atoms with E-state index in [1.165, 1.54) is 0 Å². The van der Waals surface area contributed by atoms with Crippen molar-refractivity contribution in [3.8, 4) is 0 Å². The van der Waals surface area contributed by atoms with Gasteiger partial charge in [0.25, 0.3) is 0 Å². The number of hydrogen-bond acceptors (Lipinski definition) is 5. The fourth-order valence-corrected chi connectivity index (χ4v) is 2.83. The molecular formula is C18H24BrN3O4. The number of rotatable bonds is 11. The smallest absolute Gasteiger partial charge is 0.320 e. The maximum Gasteiger partial charge on any atom is 0.320 e. The number of nitrogens with zero attached hydrogens (tertiary/aromatic N) is 3. The molecule has 1 aromatic carbocycles. The van der Waals surface area contributed by atoms with Crippen LogP contribution in [0.4, 0.5) is 0 Å². The maximum absolute atomic E-state index is 12.1. The quantitative estimate of drug-likeness (QED) is 0.172. The molecule has 0 heterocycles. The van der Waals surface area contributed by atoms with Crippen molar-refractivity contribution in [1.29, 1.82) is 0 Å². The van der Waals surface area contributed by atoms with Gasteiger partial charge in [-0.05, 0) is 62.3 Å². The summed E-state index contributed by atoms with van der Waals surface area (Å²) in [6, 6.07) is 7.92. The first-order chi connectivity index (χ1) is 12.5. The number of carbonyl (C=O) groups is 2. The first-order valence-electron chi connectivity index (χ1n) is 8.60. The van der Waals surface area contributed by atoms with E-state index in [1.807, 2.05) is 24.3 Å². The van der Waals surface area contributed by atoms with Gasteiger partial charge in [0, 0.05) is 15.9 Å². The number of azide groups is 1. The number of ether oxygens (including phenoxy) is 2. The summed E-state index contributed by atoms with van der Waals surface area (Å²) < 4.78 is 11.0. The van der Waals surface area contributed by atoms with Crippen molar-refractivity contribution in [2.75, 3.05) is 19.8 Å². The van der Waals surface area contributed by atoms with Gasteiger partial charge in [0.1, 0.15) is 0 Å². The van der Waals surface area contributed by atoms with E-state index in [9.17, 15) is 9.59 Å². The molecule has 1 atom stereocenters. The molecule has 7 nitrogen and oxygen atoms in total. The second-order valence-electron chi connectivity index (χ2n) is 5.74. The van der Waals surface area contributed by atoms with Crippen molar-refractivity contribution >= 4 is 27.9 Å². The molecule has 0 aromatic heterocycles. The number of esters is 2. The molecule has 0 aliphatic carbocycles. The Labute approximate surface area is 161 Å². The summed E-state index contributed by atoms with van der Waals surface area (Å²) in [5, 5.41) is 3.63. The second-order valence-corrected chi connectivity index (χ2v) is 6.65. The topological polar surface area (TPSA) is 101 Å². The molecule has 0 aliphatic heterocycles. The molecule has 1 rings (SSSR count). The largest absolute Gasteiger partial charge is 0.465 e. The van der Waals surface area contributed by atoms with Gasteiger partial charge in [0.2, 0.25) is 0 Å². The summed E-state index contributed by atoms with van der Waals surface area (Å²) in [4.78, 5) is 27.1. The predicted molar refractivity (Wildman–Crippen MR) is 101 cm³/mol. The van der Waals surface area contributed by atoms with E-state index in [2.05, 4.69) is 26.0 Å². The van der Waals surface area contributed by atoms with E-state index < -0.39 is 17.9 Å². The molecule has 8 heteroatoms. The number of halogens is 1. The third-order valence-corrected chi connectivity index (χ3v) is 4.40. The molecule has 0 spiro atoms. The van der Waals surface area contributed by atoms with Gasteiger partial charge >= 0.3 is 11.9 Å². The molecule has 0 radical (unpaired) electrons. The molecule has 142 valence electrons. The molecule has 0 N–H and O–H groups in total. The highest BCUT2D eigenvalue weighted by molar-refractivity contribution is 9.10. The van der Waals surface area contributed by atoms with Crippen LogP contribution in [0.3, 0.4) is 0 Å². The van der Waals surface area contributed by atoms with Crippen LogP contribution in [0.5, 0.6) is 0 Å². The summed E-state index contributed by atoms with van der Waals surface area (Å²) in [5.41, 5.74) is 9.75. The zero-order valence-electron chi connectivity index (χ0n) is 15.1. The zero-order chi connectivity index (χ0) is 19.4. The Bertz CT molecular complexity index is 612. The fourth-order valence-electron chi connectivity index (χ4n) is 2.57. The van der Waals surface area contributed by atoms with E-state index in [1.54, 1.807) is 13.8 Å². The molecule has 0 fully saturated rings. The summed E-state index contributed by atoms with van der Waals surface area (Å²) in [6.07, 6.45) is 1.65. The summed E-state index contributed by atoms with van der Waals surface area (Å²) in [6.45, 7) is 3.96. The first-order valence-corrected chi connectivity index (χ1v) is 9.39. The van der Waals surface area contributed by atoms with Crippen molar-refractivity contribution in [3.63, 3.8) is 0 Å². The monoisotopic (exact) mass is 425 g/mol. The van der Waals surface area contributed by atoms with Crippen LogP contribution in [0.1, 0.15) is 32.3 Å². The molecule has 0 saturated heterocycles. The highest BCUT2D eigenvalue weighted by Crippen LogP contribution is 2.22. The molecule has 26 heavy (non-hydrogen) atoms. The second kappa shape index (κ2) is 12.3. The average Bonchev–Trinajstić information content (AvgIpc) is 2.62. The third kappa shape index (κ3) is 7.89. The molecular weight excluding hydrogens is 402 g/mol. The van der Waals surface area contributed by atoms with Gasteiger partial charge in [-0.3, -0.25) is 9.59 Å². The lowest BCUT2D eigenvalue weighted by Gasteiger charge is -2.20. The summed E-state index contributed by atoms with van der Waals surface area (Å²) >= 11 is 3.40. The summed E-state index contributed by atoms with van der Waals surface area (Å²) in [5.74, 6) is -2.33. The zero-order valence-corrected chi connectivity index (χ0v) is 16.6. The van der Waals surface area contributed by atoms with E-state index in [-0.39, 0.29) is 32.1 Å². The van der Waals surface area contributed by atoms with Crippen LogP contribution in [-0.4, -0.2) is 31.7 Å². The lowest BCUT2D eigenvalue weighted by molar-refractivity contribution is -0.162.